The maximum atomic E-state index is 12.8. The van der Waals surface area contributed by atoms with Gasteiger partial charge in [-0.3, -0.25) is 14.6 Å². The van der Waals surface area contributed by atoms with Gasteiger partial charge in [0.15, 0.2) is 17.0 Å². The summed E-state index contributed by atoms with van der Waals surface area (Å²) >= 11 is 1.71. The molecule has 18 nitrogen and oxygen atoms in total. The maximum Gasteiger partial charge on any atom is 0.326 e. The second-order valence-corrected chi connectivity index (χ2v) is 11.8. The number of aliphatic imine (C=N–C) groups is 1. The number of carbonyl (C=O) groups excluding carboxylic acids is 2. The number of nitrogens with zero attached hydrogens (tertiary/aromatic N) is 7. The first-order valence-corrected chi connectivity index (χ1v) is 17.1. The van der Waals surface area contributed by atoms with Gasteiger partial charge in [-0.15, -0.1) is 0 Å². The Balaban J connectivity index is 1.35. The Morgan fingerprint density at radius 3 is 2.54 bits per heavy atom. The Hall–Kier alpha value is -5.14. The Bertz CT molecular complexity index is 1630. The van der Waals surface area contributed by atoms with Crippen LogP contribution in [-0.2, 0) is 25.6 Å². The highest BCUT2D eigenvalue weighted by atomic mass is 32.2. The number of carboxylic acids is 1. The molecule has 0 bridgehead atoms. The lowest BCUT2D eigenvalue weighted by atomic mass is 10.1. The van der Waals surface area contributed by atoms with Gasteiger partial charge in [0.2, 0.25) is 11.9 Å². The summed E-state index contributed by atoms with van der Waals surface area (Å²) in [5.74, 6) is 4.26. The normalized spacial score (nSPS) is 12.2. The van der Waals surface area contributed by atoms with Crippen molar-refractivity contribution in [1.29, 1.82) is 0 Å². The largest absolute Gasteiger partial charge is 0.480 e. The van der Waals surface area contributed by atoms with Crippen LogP contribution >= 0.6 is 11.8 Å². The zero-order chi connectivity index (χ0) is 36.3. The quantitative estimate of drug-likeness (QED) is 0.0358. The molecular formula is C31H44N12O6S. The fourth-order valence-corrected chi connectivity index (χ4v) is 4.64. The molecule has 0 saturated carbocycles. The summed E-state index contributed by atoms with van der Waals surface area (Å²) in [6.45, 7) is 2.76. The number of thioether (sulfide) groups is 1. The van der Waals surface area contributed by atoms with E-state index in [2.05, 4.69) is 40.7 Å². The molecule has 0 spiro atoms. The number of aromatic nitrogens is 4. The molecule has 50 heavy (non-hydrogen) atoms. The maximum absolute atomic E-state index is 12.8. The Morgan fingerprint density at radius 1 is 1.06 bits per heavy atom. The van der Waals surface area contributed by atoms with Crippen molar-refractivity contribution in [2.75, 3.05) is 74.9 Å². The molecule has 0 fully saturated rings. The Labute approximate surface area is 293 Å². The van der Waals surface area contributed by atoms with E-state index in [0.717, 1.165) is 11.4 Å². The van der Waals surface area contributed by atoms with Crippen LogP contribution in [0.5, 0.6) is 0 Å². The zero-order valence-corrected chi connectivity index (χ0v) is 28.9. The SMILES string of the molecule is CSCCOCCC(C=NCCOCCNC(=O)CCC(NC(=O)c1ccc(N(C)Cc2cnc3nc(N)nc(N)c3n2)cc1)C(=O)O)=NN. The van der Waals surface area contributed by atoms with Gasteiger partial charge in [-0.1, -0.05) is 0 Å². The van der Waals surface area contributed by atoms with Gasteiger partial charge >= 0.3 is 5.97 Å². The number of aliphatic carboxylic acids is 1. The van der Waals surface area contributed by atoms with Gasteiger partial charge in [0, 0.05) is 49.7 Å². The molecule has 2 amide bonds. The number of amides is 2. The molecule has 9 N–H and O–H groups in total. The van der Waals surface area contributed by atoms with E-state index in [-0.39, 0.29) is 49.2 Å². The highest BCUT2D eigenvalue weighted by molar-refractivity contribution is 7.98. The van der Waals surface area contributed by atoms with Crippen LogP contribution < -0.4 is 32.8 Å². The third kappa shape index (κ3) is 13.4. The van der Waals surface area contributed by atoms with E-state index in [1.807, 2.05) is 18.2 Å². The van der Waals surface area contributed by atoms with Crippen molar-refractivity contribution in [2.45, 2.75) is 31.8 Å². The smallest absolute Gasteiger partial charge is 0.326 e. The Kier molecular flexibility index (Phi) is 16.5. The first-order chi connectivity index (χ1) is 24.1. The van der Waals surface area contributed by atoms with Gasteiger partial charge in [0.25, 0.3) is 5.91 Å². The van der Waals surface area contributed by atoms with E-state index in [1.165, 1.54) is 0 Å². The van der Waals surface area contributed by atoms with E-state index in [4.69, 9.17) is 26.8 Å². The minimum Gasteiger partial charge on any atom is -0.480 e. The second-order valence-electron chi connectivity index (χ2n) is 10.8. The molecule has 3 aromatic rings. The van der Waals surface area contributed by atoms with Crippen LogP contribution in [-0.4, -0.2) is 119 Å². The molecule has 2 heterocycles. The van der Waals surface area contributed by atoms with E-state index in [1.54, 1.807) is 48.4 Å². The number of rotatable bonds is 22. The number of benzene rings is 1. The van der Waals surface area contributed by atoms with E-state index in [0.29, 0.717) is 61.9 Å². The monoisotopic (exact) mass is 712 g/mol. The average Bonchev–Trinajstić information content (AvgIpc) is 3.10. The number of hydrogen-bond acceptors (Lipinski definition) is 16. The van der Waals surface area contributed by atoms with Gasteiger partial charge < -0.3 is 47.4 Å². The molecule has 0 aliphatic carbocycles. The van der Waals surface area contributed by atoms with Gasteiger partial charge in [0.1, 0.15) is 6.04 Å². The predicted octanol–water partition coefficient (Wildman–Crippen LogP) is 0.472. The van der Waals surface area contributed by atoms with Crippen LogP contribution in [0.3, 0.4) is 0 Å². The van der Waals surface area contributed by atoms with Gasteiger partial charge in [-0.25, -0.2) is 14.8 Å². The van der Waals surface area contributed by atoms with Crippen LogP contribution in [0.1, 0.15) is 35.3 Å². The summed E-state index contributed by atoms with van der Waals surface area (Å²) in [5.41, 5.74) is 14.4. The fraction of sp³-hybridized carbons (Fsp3) is 0.452. The van der Waals surface area contributed by atoms with Crippen LogP contribution in [0.4, 0.5) is 17.5 Å². The summed E-state index contributed by atoms with van der Waals surface area (Å²) in [5, 5.41) is 18.5. The molecule has 1 unspecified atom stereocenters. The number of nitrogens with two attached hydrogens (primary N) is 3. The number of nitrogens with one attached hydrogen (secondary N) is 2. The highest BCUT2D eigenvalue weighted by Crippen LogP contribution is 2.19. The molecule has 2 aromatic heterocycles. The summed E-state index contributed by atoms with van der Waals surface area (Å²) in [6, 6.07) is 5.33. The first-order valence-electron chi connectivity index (χ1n) is 15.7. The van der Waals surface area contributed by atoms with Crippen molar-refractivity contribution in [3.63, 3.8) is 0 Å². The van der Waals surface area contributed by atoms with Gasteiger partial charge in [0.05, 0.1) is 57.1 Å². The molecule has 0 aliphatic heterocycles. The van der Waals surface area contributed by atoms with Crippen LogP contribution in [0.2, 0.25) is 0 Å². The summed E-state index contributed by atoms with van der Waals surface area (Å²) in [4.78, 5) is 59.7. The highest BCUT2D eigenvalue weighted by Gasteiger charge is 2.22. The average molecular weight is 713 g/mol. The number of anilines is 3. The molecule has 1 aromatic carbocycles. The van der Waals surface area contributed by atoms with Crippen molar-refractivity contribution in [2.24, 2.45) is 15.9 Å². The third-order valence-corrected chi connectivity index (χ3v) is 7.58. The molecule has 0 aliphatic rings. The number of hydrogen-bond donors (Lipinski definition) is 6. The minimum absolute atomic E-state index is 0.0122. The standard InChI is InChI=1S/C31H44N12O6S/c1-43(19-22-18-37-28-26(38-22)27(32)40-31(33)41-28)23-5-3-20(4-6-23)29(45)39-24(30(46)47)7-8-25(44)36-11-14-49-13-10-35-17-21(42-34)9-12-48-15-16-50-2/h3-6,17-18,24H,7-16,19,34H2,1-2H3,(H,36,44)(H,39,45)(H,46,47)(H4,32,33,37,40,41). The van der Waals surface area contributed by atoms with Crippen molar-refractivity contribution in [1.82, 2.24) is 30.6 Å². The third-order valence-electron chi connectivity index (χ3n) is 7.01. The molecule has 0 saturated heterocycles. The molecule has 0 radical (unpaired) electrons. The van der Waals surface area contributed by atoms with Crippen LogP contribution in [0.25, 0.3) is 11.2 Å². The number of ether oxygens (including phenoxy) is 2. The lowest BCUT2D eigenvalue weighted by Crippen LogP contribution is -2.41. The Morgan fingerprint density at radius 2 is 1.82 bits per heavy atom. The first kappa shape index (κ1) is 39.3. The molecule has 19 heteroatoms. The molecular weight excluding hydrogens is 668 g/mol. The van der Waals surface area contributed by atoms with Crippen LogP contribution in [0.15, 0.2) is 40.6 Å². The van der Waals surface area contributed by atoms with E-state index < -0.39 is 17.9 Å². The zero-order valence-electron chi connectivity index (χ0n) is 28.1. The fourth-order valence-electron chi connectivity index (χ4n) is 4.36. The summed E-state index contributed by atoms with van der Waals surface area (Å²) in [6.07, 6.45) is 5.54. The minimum atomic E-state index is -1.26. The molecule has 3 rings (SSSR count). The van der Waals surface area contributed by atoms with Gasteiger partial charge in [-0.2, -0.15) is 26.8 Å². The number of nitrogen functional groups attached to an aromatic ring is 2. The number of fused-ring (bicyclic) bond motifs is 1. The predicted molar refractivity (Wildman–Crippen MR) is 193 cm³/mol. The van der Waals surface area contributed by atoms with Crippen LogP contribution in [0, 0.1) is 0 Å². The summed E-state index contributed by atoms with van der Waals surface area (Å²) < 4.78 is 10.9. The lowest BCUT2D eigenvalue weighted by molar-refractivity contribution is -0.139. The van der Waals surface area contributed by atoms with Gasteiger partial charge in [-0.05, 0) is 36.9 Å². The topological polar surface area (TPSA) is 272 Å². The summed E-state index contributed by atoms with van der Waals surface area (Å²) in [7, 11) is 1.83. The molecule has 270 valence electrons. The molecule has 1 atom stereocenters. The number of carboxylic acid groups (broad SMARTS) is 1. The lowest BCUT2D eigenvalue weighted by Gasteiger charge is -2.19. The van der Waals surface area contributed by atoms with Crippen molar-refractivity contribution < 1.29 is 29.0 Å². The second kappa shape index (κ2) is 21.1. The van der Waals surface area contributed by atoms with E-state index in [9.17, 15) is 19.5 Å². The number of carbonyl (C=O) groups is 3. The van der Waals surface area contributed by atoms with Crippen molar-refractivity contribution >= 4 is 70.1 Å². The number of hydrazone groups is 1. The van der Waals surface area contributed by atoms with E-state index >= 15 is 0 Å². The van der Waals surface area contributed by atoms with Crippen molar-refractivity contribution in [3.8, 4) is 0 Å². The van der Waals surface area contributed by atoms with Crippen molar-refractivity contribution in [3.05, 3.63) is 41.7 Å².